The molecule has 0 unspecified atom stereocenters. The van der Waals surface area contributed by atoms with Crippen LogP contribution in [0.25, 0.3) is 20.8 Å². The van der Waals surface area contributed by atoms with Gasteiger partial charge in [0.05, 0.1) is 28.7 Å². The number of fused-ring (bicyclic) bond motifs is 1. The van der Waals surface area contributed by atoms with E-state index >= 15 is 0 Å². The Kier molecular flexibility index (Phi) is 4.17. The number of halogens is 1. The third-order valence-corrected chi connectivity index (χ3v) is 6.15. The molecule has 1 amide bonds. The maximum atomic E-state index is 12.2. The Morgan fingerprint density at radius 1 is 1.25 bits per heavy atom. The van der Waals surface area contributed by atoms with Crippen LogP contribution < -0.4 is 5.32 Å². The highest BCUT2D eigenvalue weighted by atomic mass is 79.9. The summed E-state index contributed by atoms with van der Waals surface area (Å²) in [6.45, 7) is 0. The lowest BCUT2D eigenvalue weighted by Gasteiger charge is -2.04. The molecule has 120 valence electrons. The van der Waals surface area contributed by atoms with Crippen molar-refractivity contribution < 1.29 is 4.79 Å². The molecule has 0 fully saturated rings. The largest absolute Gasteiger partial charge is 0.326 e. The van der Waals surface area contributed by atoms with Crippen molar-refractivity contribution in [2.24, 2.45) is 0 Å². The summed E-state index contributed by atoms with van der Waals surface area (Å²) < 4.78 is 1.05. The lowest BCUT2D eigenvalue weighted by atomic mass is 10.2. The highest BCUT2D eigenvalue weighted by Crippen LogP contribution is 2.32. The van der Waals surface area contributed by atoms with Gasteiger partial charge in [0.2, 0.25) is 5.91 Å². The van der Waals surface area contributed by atoms with E-state index in [0.29, 0.717) is 0 Å². The Hall–Kier alpha value is -2.03. The maximum absolute atomic E-state index is 12.2. The van der Waals surface area contributed by atoms with Crippen LogP contribution in [0.4, 0.5) is 5.69 Å². The number of aromatic amines is 1. The van der Waals surface area contributed by atoms with Crippen LogP contribution in [0.15, 0.2) is 45.7 Å². The molecule has 4 rings (SSSR count). The van der Waals surface area contributed by atoms with E-state index in [1.54, 1.807) is 28.9 Å². The van der Waals surface area contributed by atoms with Gasteiger partial charge >= 0.3 is 0 Å². The zero-order valence-electron chi connectivity index (χ0n) is 12.2. The summed E-state index contributed by atoms with van der Waals surface area (Å²) in [6, 6.07) is 7.68. The molecule has 0 aliphatic heterocycles. The number of anilines is 1. The first-order valence-corrected chi connectivity index (χ1v) is 9.64. The summed E-state index contributed by atoms with van der Waals surface area (Å²) in [5, 5.41) is 15.6. The Labute approximate surface area is 153 Å². The molecular formula is C16H11BrN4OS2. The highest BCUT2D eigenvalue weighted by molar-refractivity contribution is 9.10. The van der Waals surface area contributed by atoms with Crippen LogP contribution >= 0.6 is 38.6 Å². The number of nitrogens with zero attached hydrogens (tertiary/aromatic N) is 2. The minimum absolute atomic E-state index is 0.0814. The number of carbonyl (C=O) groups is 1. The topological polar surface area (TPSA) is 70.7 Å². The van der Waals surface area contributed by atoms with Crippen molar-refractivity contribution in [3.63, 3.8) is 0 Å². The molecule has 0 bridgehead atoms. The van der Waals surface area contributed by atoms with E-state index in [1.165, 1.54) is 0 Å². The number of hydrogen-bond donors (Lipinski definition) is 2. The van der Waals surface area contributed by atoms with E-state index in [1.807, 2.05) is 35.0 Å². The van der Waals surface area contributed by atoms with Crippen molar-refractivity contribution in [2.45, 2.75) is 6.42 Å². The standard InChI is InChI=1S/C16H11BrN4OS2/c17-10-4-14(23-7-10)16-20-12(8-24-16)5-15(22)19-11-1-2-13-9(3-11)6-18-21-13/h1-4,6-8H,5H2,(H,18,21)(H,19,22). The number of thiophene rings is 1. The molecule has 0 saturated carbocycles. The van der Waals surface area contributed by atoms with E-state index in [4.69, 9.17) is 0 Å². The average molecular weight is 419 g/mol. The zero-order valence-corrected chi connectivity index (χ0v) is 15.5. The van der Waals surface area contributed by atoms with E-state index in [-0.39, 0.29) is 12.3 Å². The number of H-pyrrole nitrogens is 1. The van der Waals surface area contributed by atoms with Crippen molar-refractivity contribution in [1.82, 2.24) is 15.2 Å². The molecule has 0 aliphatic carbocycles. The van der Waals surface area contributed by atoms with Crippen molar-refractivity contribution in [1.29, 1.82) is 0 Å². The van der Waals surface area contributed by atoms with Gasteiger partial charge in [-0.25, -0.2) is 4.98 Å². The molecule has 24 heavy (non-hydrogen) atoms. The van der Waals surface area contributed by atoms with Crippen LogP contribution in [0.2, 0.25) is 0 Å². The fourth-order valence-electron chi connectivity index (χ4n) is 2.32. The fourth-order valence-corrected chi connectivity index (χ4v) is 4.64. The van der Waals surface area contributed by atoms with Gasteiger partial charge in [-0.2, -0.15) is 5.10 Å². The molecule has 0 aliphatic rings. The molecule has 0 atom stereocenters. The van der Waals surface area contributed by atoms with E-state index in [9.17, 15) is 4.79 Å². The minimum Gasteiger partial charge on any atom is -0.326 e. The first-order chi connectivity index (χ1) is 11.7. The Balaban J connectivity index is 1.45. The zero-order chi connectivity index (χ0) is 16.5. The second kappa shape index (κ2) is 6.46. The summed E-state index contributed by atoms with van der Waals surface area (Å²) in [5.41, 5.74) is 2.48. The van der Waals surface area contributed by atoms with E-state index in [2.05, 4.69) is 36.4 Å². The number of thiazole rings is 1. The SMILES string of the molecule is O=C(Cc1csc(-c2cc(Br)cs2)n1)Nc1ccc2[nH]ncc2c1. The van der Waals surface area contributed by atoms with Gasteiger partial charge in [0.15, 0.2) is 0 Å². The van der Waals surface area contributed by atoms with E-state index in [0.717, 1.165) is 36.6 Å². The number of aromatic nitrogens is 3. The van der Waals surface area contributed by atoms with Crippen LogP contribution in [0.3, 0.4) is 0 Å². The van der Waals surface area contributed by atoms with Gasteiger partial charge in [0.1, 0.15) is 5.01 Å². The second-order valence-corrected chi connectivity index (χ2v) is 7.86. The van der Waals surface area contributed by atoms with E-state index < -0.39 is 0 Å². The van der Waals surface area contributed by atoms with Gasteiger partial charge in [-0.05, 0) is 40.2 Å². The lowest BCUT2D eigenvalue weighted by Crippen LogP contribution is -2.14. The van der Waals surface area contributed by atoms with Crippen LogP contribution in [-0.4, -0.2) is 21.1 Å². The van der Waals surface area contributed by atoms with Crippen molar-refractivity contribution in [2.75, 3.05) is 5.32 Å². The van der Waals surface area contributed by atoms with Crippen LogP contribution in [-0.2, 0) is 11.2 Å². The first-order valence-electron chi connectivity index (χ1n) is 7.09. The van der Waals surface area contributed by atoms with Gasteiger partial charge in [0, 0.05) is 26.3 Å². The highest BCUT2D eigenvalue weighted by Gasteiger charge is 2.11. The molecule has 1 aromatic carbocycles. The van der Waals surface area contributed by atoms with Crippen LogP contribution in [0.1, 0.15) is 5.69 Å². The predicted molar refractivity (Wildman–Crippen MR) is 102 cm³/mol. The van der Waals surface area contributed by atoms with Crippen LogP contribution in [0.5, 0.6) is 0 Å². The number of benzene rings is 1. The van der Waals surface area contributed by atoms with Crippen molar-refractivity contribution in [3.05, 3.63) is 51.4 Å². The number of carbonyl (C=O) groups excluding carboxylic acids is 1. The third kappa shape index (κ3) is 3.26. The Bertz CT molecular complexity index is 1020. The summed E-state index contributed by atoms with van der Waals surface area (Å²) in [6.07, 6.45) is 1.99. The smallest absolute Gasteiger partial charge is 0.230 e. The quantitative estimate of drug-likeness (QED) is 0.504. The summed E-state index contributed by atoms with van der Waals surface area (Å²) >= 11 is 6.63. The predicted octanol–water partition coefficient (Wildman–Crippen LogP) is 4.69. The molecular weight excluding hydrogens is 408 g/mol. The second-order valence-electron chi connectivity index (χ2n) is 5.17. The van der Waals surface area contributed by atoms with Gasteiger partial charge in [-0.15, -0.1) is 22.7 Å². The van der Waals surface area contributed by atoms with Crippen LogP contribution in [0, 0.1) is 0 Å². The molecule has 2 N–H and O–H groups in total. The van der Waals surface area contributed by atoms with Gasteiger partial charge < -0.3 is 5.32 Å². The summed E-state index contributed by atoms with van der Waals surface area (Å²) in [5.74, 6) is -0.0814. The molecule has 4 aromatic rings. The molecule has 0 radical (unpaired) electrons. The number of amides is 1. The Morgan fingerprint density at radius 2 is 2.17 bits per heavy atom. The normalized spacial score (nSPS) is 11.0. The molecule has 3 aromatic heterocycles. The maximum Gasteiger partial charge on any atom is 0.230 e. The fraction of sp³-hybridized carbons (Fsp3) is 0.0625. The molecule has 0 spiro atoms. The van der Waals surface area contributed by atoms with Gasteiger partial charge in [-0.3, -0.25) is 9.89 Å². The van der Waals surface area contributed by atoms with Gasteiger partial charge in [0.25, 0.3) is 0 Å². The monoisotopic (exact) mass is 418 g/mol. The molecule has 0 saturated heterocycles. The van der Waals surface area contributed by atoms with Crippen molar-refractivity contribution in [3.8, 4) is 9.88 Å². The number of nitrogens with one attached hydrogen (secondary N) is 2. The first kappa shape index (κ1) is 15.5. The lowest BCUT2D eigenvalue weighted by molar-refractivity contribution is -0.115. The van der Waals surface area contributed by atoms with Gasteiger partial charge in [-0.1, -0.05) is 0 Å². The van der Waals surface area contributed by atoms with Crippen molar-refractivity contribution >= 4 is 61.1 Å². The third-order valence-electron chi connectivity index (χ3n) is 3.40. The average Bonchev–Trinajstić information content (AvgIpc) is 3.27. The summed E-state index contributed by atoms with van der Waals surface area (Å²) in [4.78, 5) is 17.9. The number of hydrogen-bond acceptors (Lipinski definition) is 5. The Morgan fingerprint density at radius 3 is 3.00 bits per heavy atom. The molecule has 8 heteroatoms. The molecule has 5 nitrogen and oxygen atoms in total. The number of rotatable bonds is 4. The molecule has 3 heterocycles. The summed E-state index contributed by atoms with van der Waals surface area (Å²) in [7, 11) is 0. The minimum atomic E-state index is -0.0814.